The lowest BCUT2D eigenvalue weighted by molar-refractivity contribution is -0.147. The van der Waals surface area contributed by atoms with Gasteiger partial charge in [-0.3, -0.25) is 0 Å². The predicted molar refractivity (Wildman–Crippen MR) is 181 cm³/mol. The van der Waals surface area contributed by atoms with E-state index in [1.807, 2.05) is 0 Å². The molecule has 2 atom stereocenters. The normalized spacial score (nSPS) is 16.5. The van der Waals surface area contributed by atoms with Crippen LogP contribution >= 0.6 is 23.5 Å². The van der Waals surface area contributed by atoms with Crippen LogP contribution in [0.15, 0.2) is 12.2 Å². The minimum Gasteiger partial charge on any atom is -0.470 e. The van der Waals surface area contributed by atoms with E-state index < -0.39 is 24.1 Å². The van der Waals surface area contributed by atoms with E-state index in [-0.39, 0.29) is 13.2 Å². The number of unbranched alkanes of at least 4 members (excludes halogenated alkanes) is 2. The van der Waals surface area contributed by atoms with Crippen LogP contribution < -0.4 is 29.9 Å². The molecule has 18 heteroatoms. The highest BCUT2D eigenvalue weighted by Crippen LogP contribution is 2.27. The van der Waals surface area contributed by atoms with Gasteiger partial charge >= 0.3 is 11.9 Å². The van der Waals surface area contributed by atoms with Crippen LogP contribution in [0, 0.1) is 0 Å². The molecule has 48 heavy (non-hydrogen) atoms. The first kappa shape index (κ1) is 37.7. The van der Waals surface area contributed by atoms with Crippen LogP contribution in [-0.4, -0.2) is 134 Å². The fourth-order valence-corrected chi connectivity index (χ4v) is 5.80. The molecule has 0 aliphatic carbocycles. The van der Waals surface area contributed by atoms with E-state index in [9.17, 15) is 9.59 Å². The van der Waals surface area contributed by atoms with Crippen LogP contribution in [0.2, 0.25) is 0 Å². The number of hydrogen-bond acceptors (Lipinski definition) is 18. The van der Waals surface area contributed by atoms with Gasteiger partial charge in [0.05, 0.1) is 49.9 Å². The molecule has 2 aliphatic heterocycles. The zero-order chi connectivity index (χ0) is 33.8. The minimum atomic E-state index is -0.694. The first-order valence-electron chi connectivity index (χ1n) is 16.6. The molecule has 4 heterocycles. The van der Waals surface area contributed by atoms with Crippen LogP contribution in [0.25, 0.3) is 0 Å². The fourth-order valence-electron chi connectivity index (χ4n) is 4.76. The number of esters is 2. The summed E-state index contributed by atoms with van der Waals surface area (Å²) in [6.07, 6.45) is 4.88. The summed E-state index contributed by atoms with van der Waals surface area (Å²) >= 11 is 2.13. The van der Waals surface area contributed by atoms with Crippen LogP contribution in [0.4, 0.5) is 11.6 Å². The van der Waals surface area contributed by atoms with E-state index in [0.717, 1.165) is 74.4 Å². The largest absolute Gasteiger partial charge is 0.470 e. The van der Waals surface area contributed by atoms with E-state index in [4.69, 9.17) is 28.4 Å². The second-order valence-corrected chi connectivity index (χ2v) is 12.2. The summed E-state index contributed by atoms with van der Waals surface area (Å²) in [6, 6.07) is 0. The van der Waals surface area contributed by atoms with Crippen molar-refractivity contribution >= 4 is 47.0 Å². The molecule has 2 aromatic heterocycles. The Kier molecular flexibility index (Phi) is 17.1. The van der Waals surface area contributed by atoms with Crippen molar-refractivity contribution in [1.82, 2.24) is 28.1 Å². The highest BCUT2D eigenvalue weighted by Gasteiger charge is 2.24. The number of ether oxygens (including phenoxy) is 6. The summed E-state index contributed by atoms with van der Waals surface area (Å²) in [5.41, 5.74) is 0. The van der Waals surface area contributed by atoms with Gasteiger partial charge in [0.2, 0.25) is 11.6 Å². The number of anilines is 2. The van der Waals surface area contributed by atoms with Gasteiger partial charge < -0.3 is 48.9 Å². The number of rotatable bonds is 22. The van der Waals surface area contributed by atoms with E-state index in [1.165, 1.54) is 0 Å². The lowest BCUT2D eigenvalue weighted by Crippen LogP contribution is -2.38. The van der Waals surface area contributed by atoms with Gasteiger partial charge in [-0.05, 0) is 25.9 Å². The molecular formula is C30H48N8O8S2. The van der Waals surface area contributed by atoms with Gasteiger partial charge in [0.25, 0.3) is 11.8 Å². The molecule has 2 aromatic rings. The van der Waals surface area contributed by atoms with E-state index in [0.29, 0.717) is 89.1 Å². The molecule has 0 aromatic carbocycles. The standard InChI is InChI=1S/C30H48N8O8S2/c1-3-5-9-31-19-23(21-43-29-27(33-47-35-29)37-11-15-41-16-12-37)45-25(39)7-8-26(40)46-24(20-32-10-6-4-2)22-44-30-28(34-48-36-30)38-13-17-42-18-14-38/h7-8,23-24,31-32H,3-6,9-22H2,1-2H3/b8-7-. The maximum Gasteiger partial charge on any atom is 0.331 e. The highest BCUT2D eigenvalue weighted by atomic mass is 32.1. The molecular weight excluding hydrogens is 665 g/mol. The van der Waals surface area contributed by atoms with E-state index >= 15 is 0 Å². The first-order valence-corrected chi connectivity index (χ1v) is 18.1. The Morgan fingerprint density at radius 1 is 0.729 bits per heavy atom. The first-order chi connectivity index (χ1) is 23.6. The van der Waals surface area contributed by atoms with Crippen molar-refractivity contribution in [3.05, 3.63) is 12.2 Å². The zero-order valence-corrected chi connectivity index (χ0v) is 29.4. The van der Waals surface area contributed by atoms with Gasteiger partial charge in [-0.2, -0.15) is 8.75 Å². The van der Waals surface area contributed by atoms with Crippen molar-refractivity contribution < 1.29 is 38.0 Å². The molecule has 0 spiro atoms. The lowest BCUT2D eigenvalue weighted by atomic mass is 10.3. The van der Waals surface area contributed by atoms with Gasteiger partial charge in [0.1, 0.15) is 25.4 Å². The topological polar surface area (TPSA) is 172 Å². The summed E-state index contributed by atoms with van der Waals surface area (Å²) in [7, 11) is 0. The number of aromatic nitrogens is 4. The number of hydrogen-bond donors (Lipinski definition) is 2. The molecule has 4 rings (SSSR count). The van der Waals surface area contributed by atoms with Crippen molar-refractivity contribution in [1.29, 1.82) is 0 Å². The fraction of sp³-hybridized carbons (Fsp3) is 0.733. The van der Waals surface area contributed by atoms with Crippen LogP contribution in [0.3, 0.4) is 0 Å². The summed E-state index contributed by atoms with van der Waals surface area (Å²) in [6.45, 7) is 11.8. The SMILES string of the molecule is CCCCNCC(COc1nsnc1N1CCOCC1)OC(=O)/C=C\C(=O)OC(CNCCCC)COc1nsnc1N1CCOCC1. The molecule has 16 nitrogen and oxygen atoms in total. The maximum absolute atomic E-state index is 12.8. The molecule has 2 unspecified atom stereocenters. The van der Waals surface area contributed by atoms with Crippen molar-refractivity contribution in [3.8, 4) is 11.8 Å². The van der Waals surface area contributed by atoms with E-state index in [1.54, 1.807) is 0 Å². The van der Waals surface area contributed by atoms with Crippen LogP contribution in [0.1, 0.15) is 39.5 Å². The van der Waals surface area contributed by atoms with Gasteiger partial charge in [0, 0.05) is 51.4 Å². The lowest BCUT2D eigenvalue weighted by Gasteiger charge is -2.27. The molecule has 2 aliphatic rings. The summed E-state index contributed by atoms with van der Waals surface area (Å²) in [5, 5.41) is 6.59. The molecule has 2 saturated heterocycles. The molecule has 0 radical (unpaired) electrons. The zero-order valence-electron chi connectivity index (χ0n) is 27.8. The van der Waals surface area contributed by atoms with E-state index in [2.05, 4.69) is 51.8 Å². The molecule has 268 valence electrons. The Labute approximate surface area is 290 Å². The van der Waals surface area contributed by atoms with Gasteiger partial charge in [-0.1, -0.05) is 26.7 Å². The van der Waals surface area contributed by atoms with Gasteiger partial charge in [-0.25, -0.2) is 9.59 Å². The third-order valence-electron chi connectivity index (χ3n) is 7.40. The van der Waals surface area contributed by atoms with Crippen LogP contribution in [-0.2, 0) is 28.5 Å². The Balaban J connectivity index is 1.30. The Morgan fingerprint density at radius 2 is 1.15 bits per heavy atom. The third-order valence-corrected chi connectivity index (χ3v) is 8.40. The summed E-state index contributed by atoms with van der Waals surface area (Å²) in [4.78, 5) is 29.7. The van der Waals surface area contributed by atoms with Crippen molar-refractivity contribution in [2.75, 3.05) is 102 Å². The van der Waals surface area contributed by atoms with Gasteiger partial charge in [0.15, 0.2) is 0 Å². The number of nitrogens with zero attached hydrogens (tertiary/aromatic N) is 6. The van der Waals surface area contributed by atoms with Crippen molar-refractivity contribution in [3.63, 3.8) is 0 Å². The molecule has 0 bridgehead atoms. The molecule has 0 amide bonds. The number of carbonyl (C=O) groups is 2. The quantitative estimate of drug-likeness (QED) is 0.103. The Hall–Kier alpha value is -3.16. The highest BCUT2D eigenvalue weighted by molar-refractivity contribution is 6.99. The summed E-state index contributed by atoms with van der Waals surface area (Å²) in [5.74, 6) is 0.700. The Morgan fingerprint density at radius 3 is 1.54 bits per heavy atom. The average Bonchev–Trinajstić information content (AvgIpc) is 3.79. The third kappa shape index (κ3) is 13.0. The smallest absolute Gasteiger partial charge is 0.331 e. The predicted octanol–water partition coefficient (Wildman–Crippen LogP) is 1.68. The van der Waals surface area contributed by atoms with Crippen LogP contribution in [0.5, 0.6) is 11.8 Å². The second-order valence-electron chi connectivity index (χ2n) is 11.2. The average molecular weight is 713 g/mol. The second kappa shape index (κ2) is 21.7. The van der Waals surface area contributed by atoms with Crippen molar-refractivity contribution in [2.45, 2.75) is 51.7 Å². The molecule has 2 N–H and O–H groups in total. The minimum absolute atomic E-state index is 0.0622. The number of morpholine rings is 2. The molecule has 2 fully saturated rings. The Bertz CT molecular complexity index is 1150. The maximum atomic E-state index is 12.8. The van der Waals surface area contributed by atoms with Crippen molar-refractivity contribution in [2.24, 2.45) is 0 Å². The monoisotopic (exact) mass is 712 g/mol. The molecule has 0 saturated carbocycles. The summed E-state index contributed by atoms with van der Waals surface area (Å²) < 4.78 is 51.5. The number of nitrogens with one attached hydrogen (secondary N) is 2. The van der Waals surface area contributed by atoms with Gasteiger partial charge in [-0.15, -0.1) is 8.75 Å². The number of carbonyl (C=O) groups excluding carboxylic acids is 2.